The molecule has 3 amide bonds. The van der Waals surface area contributed by atoms with Gasteiger partial charge in [0.25, 0.3) is 15.9 Å². The molecule has 51 heavy (non-hydrogen) atoms. The number of nitrogens with one attached hydrogen (secondary N) is 2. The van der Waals surface area contributed by atoms with Crippen LogP contribution in [0.4, 0.5) is 29.3 Å². The van der Waals surface area contributed by atoms with E-state index in [-0.39, 0.29) is 59.4 Å². The van der Waals surface area contributed by atoms with Gasteiger partial charge in [0.15, 0.2) is 5.03 Å². The van der Waals surface area contributed by atoms with E-state index in [0.29, 0.717) is 19.4 Å². The number of halogens is 3. The van der Waals surface area contributed by atoms with Crippen LogP contribution < -0.4 is 14.8 Å². The van der Waals surface area contributed by atoms with Crippen molar-refractivity contribution in [3.8, 4) is 5.75 Å². The number of carbonyl (C=O) groups excluding carboxylic acids is 2. The number of aromatic nitrogens is 2. The second-order valence-corrected chi connectivity index (χ2v) is 14.5. The predicted molar refractivity (Wildman–Crippen MR) is 184 cm³/mol. The lowest BCUT2D eigenvalue weighted by atomic mass is 10.0. The molecule has 3 N–H and O–H groups in total. The number of amides is 3. The van der Waals surface area contributed by atoms with Gasteiger partial charge in [-0.05, 0) is 75.6 Å². The minimum atomic E-state index is -4.51. The Hall–Kier alpha value is -4.35. The summed E-state index contributed by atoms with van der Waals surface area (Å²) in [6.45, 7) is 5.52. The number of benzene rings is 2. The fraction of sp³-hybridized carbons (Fsp3) is 0.500. The molecule has 4 rings (SSSR count). The monoisotopic (exact) mass is 738 g/mol. The Labute approximate surface area is 295 Å². The molecule has 1 aromatic heterocycles. The Morgan fingerprint density at radius 1 is 1.14 bits per heavy atom. The normalized spacial score (nSPS) is 20.1. The number of aliphatic hydroxyl groups excluding tert-OH is 1. The fourth-order valence-electron chi connectivity index (χ4n) is 5.50. The number of urea groups is 1. The third-order valence-electron chi connectivity index (χ3n) is 8.52. The largest absolute Gasteiger partial charge is 0.490 e. The van der Waals surface area contributed by atoms with Crippen LogP contribution in [-0.2, 0) is 28.0 Å². The number of fused-ring (bicyclic) bond motifs is 1. The fourth-order valence-corrected chi connectivity index (χ4v) is 6.53. The Balaban J connectivity index is 1.59. The molecule has 280 valence electrons. The van der Waals surface area contributed by atoms with Crippen LogP contribution in [0.1, 0.15) is 56.0 Å². The molecule has 0 saturated carbocycles. The number of carbonyl (C=O) groups is 2. The third kappa shape index (κ3) is 10.6. The number of hydrogen-bond acceptors (Lipinski definition) is 8. The van der Waals surface area contributed by atoms with Gasteiger partial charge in [-0.15, -0.1) is 0 Å². The second kappa shape index (κ2) is 16.8. The van der Waals surface area contributed by atoms with Crippen LogP contribution in [-0.4, -0.2) is 96.4 Å². The number of alkyl halides is 3. The van der Waals surface area contributed by atoms with Crippen molar-refractivity contribution in [2.75, 3.05) is 43.4 Å². The van der Waals surface area contributed by atoms with E-state index in [2.05, 4.69) is 15.0 Å². The number of aryl methyl sites for hydroxylation is 1. The van der Waals surface area contributed by atoms with Crippen LogP contribution >= 0.6 is 0 Å². The van der Waals surface area contributed by atoms with Gasteiger partial charge in [-0.2, -0.15) is 21.6 Å². The smallest absolute Gasteiger partial charge is 0.416 e. The quantitative estimate of drug-likeness (QED) is 0.285. The van der Waals surface area contributed by atoms with E-state index in [0.717, 1.165) is 18.6 Å². The van der Waals surface area contributed by atoms with Crippen LogP contribution in [0.15, 0.2) is 60.0 Å². The highest BCUT2D eigenvalue weighted by Crippen LogP contribution is 2.31. The van der Waals surface area contributed by atoms with Gasteiger partial charge < -0.3 is 34.3 Å². The molecule has 0 aliphatic carbocycles. The van der Waals surface area contributed by atoms with E-state index >= 15 is 0 Å². The summed E-state index contributed by atoms with van der Waals surface area (Å²) in [6.07, 6.45) is -0.673. The first-order valence-corrected chi connectivity index (χ1v) is 18.0. The van der Waals surface area contributed by atoms with E-state index in [1.165, 1.54) is 64.3 Å². The molecular weight excluding hydrogens is 693 g/mol. The number of anilines is 2. The molecule has 2 aromatic carbocycles. The molecule has 0 unspecified atom stereocenters. The first kappa shape index (κ1) is 39.4. The molecule has 2 heterocycles. The number of aliphatic hydroxyl groups is 1. The highest BCUT2D eigenvalue weighted by molar-refractivity contribution is 7.92. The molecule has 1 aliphatic rings. The number of hydrogen-bond donors (Lipinski definition) is 3. The van der Waals surface area contributed by atoms with Gasteiger partial charge in [-0.3, -0.25) is 9.52 Å². The van der Waals surface area contributed by atoms with Crippen molar-refractivity contribution in [3.05, 3.63) is 66.1 Å². The SMILES string of the molecule is C[C@H](CO)N1C[C@H](C)[C@@H](CN(C)C(=O)Nc2ccc(C(F)(F)F)cc2)OCCCC[C@H](C)Oc2ccc(NS(=O)(=O)c3cn(C)cn3)cc2C1=O. The van der Waals surface area contributed by atoms with Crippen molar-refractivity contribution in [2.24, 2.45) is 13.0 Å². The summed E-state index contributed by atoms with van der Waals surface area (Å²) in [5, 5.41) is 12.6. The molecule has 0 fully saturated rings. The molecule has 1 aliphatic heterocycles. The predicted octanol–water partition coefficient (Wildman–Crippen LogP) is 5.20. The van der Waals surface area contributed by atoms with E-state index < -0.39 is 45.8 Å². The number of imidazole rings is 1. The molecule has 0 spiro atoms. The van der Waals surface area contributed by atoms with Gasteiger partial charge in [-0.25, -0.2) is 9.78 Å². The number of nitrogens with zero attached hydrogens (tertiary/aromatic N) is 4. The minimum Gasteiger partial charge on any atom is -0.490 e. The molecule has 0 radical (unpaired) electrons. The zero-order valence-corrected chi connectivity index (χ0v) is 30.0. The molecule has 4 atom stereocenters. The maximum absolute atomic E-state index is 14.3. The highest BCUT2D eigenvalue weighted by Gasteiger charge is 2.32. The molecule has 0 saturated heterocycles. The van der Waals surface area contributed by atoms with Gasteiger partial charge in [0.05, 0.1) is 42.3 Å². The lowest BCUT2D eigenvalue weighted by Gasteiger charge is -2.35. The maximum atomic E-state index is 14.3. The molecule has 17 heteroatoms. The van der Waals surface area contributed by atoms with Gasteiger partial charge in [0.2, 0.25) is 0 Å². The van der Waals surface area contributed by atoms with Crippen molar-refractivity contribution in [1.29, 1.82) is 0 Å². The van der Waals surface area contributed by atoms with Crippen molar-refractivity contribution in [3.63, 3.8) is 0 Å². The summed E-state index contributed by atoms with van der Waals surface area (Å²) in [7, 11) is -0.912. The van der Waals surface area contributed by atoms with E-state index in [1.807, 2.05) is 13.8 Å². The van der Waals surface area contributed by atoms with Gasteiger partial charge in [0, 0.05) is 57.3 Å². The molecular formula is C34H45F3N6O7S. The van der Waals surface area contributed by atoms with Crippen LogP contribution in [0.25, 0.3) is 0 Å². The van der Waals surface area contributed by atoms with Crippen molar-refractivity contribution in [2.45, 2.75) is 69.5 Å². The summed E-state index contributed by atoms with van der Waals surface area (Å²) >= 11 is 0. The number of likely N-dealkylation sites (N-methyl/N-ethyl adjacent to an activating group) is 1. The Kier molecular flexibility index (Phi) is 13.0. The summed E-state index contributed by atoms with van der Waals surface area (Å²) in [6, 6.07) is 7.30. The Bertz CT molecular complexity index is 1750. The summed E-state index contributed by atoms with van der Waals surface area (Å²) in [5.41, 5.74) is -0.461. The van der Waals surface area contributed by atoms with Crippen LogP contribution in [0.3, 0.4) is 0 Å². The minimum absolute atomic E-state index is 0.0816. The highest BCUT2D eigenvalue weighted by atomic mass is 32.2. The van der Waals surface area contributed by atoms with Gasteiger partial charge in [-0.1, -0.05) is 6.92 Å². The van der Waals surface area contributed by atoms with Crippen LogP contribution in [0.5, 0.6) is 5.75 Å². The Morgan fingerprint density at radius 2 is 1.82 bits per heavy atom. The standard InChI is InChI=1S/C34H45F3N6O7S/c1-22-17-43(23(2)20-44)32(45)28-16-27(40-51(47,48)31-19-41(4)21-38-31)13-14-29(28)50-24(3)8-6-7-15-49-30(22)18-42(5)33(46)39-26-11-9-25(10-12-26)34(35,36)37/h9-14,16,19,21-24,30,40,44H,6-8,15,17-18,20H2,1-5H3,(H,39,46)/t22-,23+,24-,30+/m0/s1. The summed E-state index contributed by atoms with van der Waals surface area (Å²) in [5.74, 6) is -0.657. The van der Waals surface area contributed by atoms with Gasteiger partial charge in [0.1, 0.15) is 5.75 Å². The van der Waals surface area contributed by atoms with E-state index in [9.17, 15) is 36.3 Å². The number of sulfonamides is 1. The lowest BCUT2D eigenvalue weighted by Crippen LogP contribution is -2.48. The van der Waals surface area contributed by atoms with E-state index in [1.54, 1.807) is 14.0 Å². The first-order chi connectivity index (χ1) is 24.0. The average molecular weight is 739 g/mol. The molecule has 0 bridgehead atoms. The van der Waals surface area contributed by atoms with Crippen molar-refractivity contribution < 1.29 is 45.8 Å². The maximum Gasteiger partial charge on any atom is 0.416 e. The summed E-state index contributed by atoms with van der Waals surface area (Å²) in [4.78, 5) is 34.1. The molecule has 13 nitrogen and oxygen atoms in total. The van der Waals surface area contributed by atoms with E-state index in [4.69, 9.17) is 9.47 Å². The summed E-state index contributed by atoms with van der Waals surface area (Å²) < 4.78 is 81.5. The Morgan fingerprint density at radius 3 is 2.45 bits per heavy atom. The zero-order chi connectivity index (χ0) is 37.5. The van der Waals surface area contributed by atoms with Crippen molar-refractivity contribution in [1.82, 2.24) is 19.4 Å². The number of ether oxygens (including phenoxy) is 2. The third-order valence-corrected chi connectivity index (χ3v) is 9.79. The zero-order valence-electron chi connectivity index (χ0n) is 29.2. The first-order valence-electron chi connectivity index (χ1n) is 16.5. The lowest BCUT2D eigenvalue weighted by molar-refractivity contribution is -0.137. The van der Waals surface area contributed by atoms with Gasteiger partial charge >= 0.3 is 12.2 Å². The van der Waals surface area contributed by atoms with Crippen molar-refractivity contribution >= 4 is 33.3 Å². The van der Waals surface area contributed by atoms with Crippen LogP contribution in [0, 0.1) is 5.92 Å². The topological polar surface area (TPSA) is 155 Å². The number of rotatable bonds is 8. The molecule has 3 aromatic rings. The average Bonchev–Trinajstić information content (AvgIpc) is 3.53. The second-order valence-electron chi connectivity index (χ2n) is 12.9. The van der Waals surface area contributed by atoms with Crippen LogP contribution in [0.2, 0.25) is 0 Å².